The maximum Gasteiger partial charge on any atom is 0.254 e. The molecular weight excluding hydrogens is 388 g/mol. The highest BCUT2D eigenvalue weighted by Crippen LogP contribution is 2.22. The van der Waals surface area contributed by atoms with Gasteiger partial charge in [0.05, 0.1) is 24.4 Å². The topological polar surface area (TPSA) is 73.4 Å². The van der Waals surface area contributed by atoms with Gasteiger partial charge in [-0.2, -0.15) is 5.26 Å². The predicted octanol–water partition coefficient (Wildman–Crippen LogP) is 3.90. The fourth-order valence-corrected chi connectivity index (χ4v) is 4.10. The average Bonchev–Trinajstić information content (AvgIpc) is 3.35. The third-order valence-electron chi connectivity index (χ3n) is 5.81. The van der Waals surface area contributed by atoms with Gasteiger partial charge in [0.15, 0.2) is 0 Å². The molecule has 1 aliphatic heterocycles. The summed E-state index contributed by atoms with van der Waals surface area (Å²) in [6, 6.07) is 18.9. The zero-order valence-corrected chi connectivity index (χ0v) is 17.5. The van der Waals surface area contributed by atoms with E-state index in [0.717, 1.165) is 50.4 Å². The quantitative estimate of drug-likeness (QED) is 0.586. The van der Waals surface area contributed by atoms with Crippen LogP contribution < -0.4 is 0 Å². The van der Waals surface area contributed by atoms with Gasteiger partial charge in [0, 0.05) is 49.6 Å². The summed E-state index contributed by atoms with van der Waals surface area (Å²) in [5.41, 5.74) is 2.15. The van der Waals surface area contributed by atoms with E-state index in [2.05, 4.69) is 22.0 Å². The predicted molar refractivity (Wildman–Crippen MR) is 117 cm³/mol. The lowest BCUT2D eigenvalue weighted by molar-refractivity contribution is 0.0531. The van der Waals surface area contributed by atoms with Gasteiger partial charge in [0.2, 0.25) is 0 Å². The third-order valence-corrected chi connectivity index (χ3v) is 5.81. The number of pyridine rings is 1. The summed E-state index contributed by atoms with van der Waals surface area (Å²) >= 11 is 0. The average molecular weight is 415 g/mol. The number of hydrogen-bond donors (Lipinski definition) is 0. The van der Waals surface area contributed by atoms with Crippen LogP contribution in [0, 0.1) is 11.3 Å². The van der Waals surface area contributed by atoms with Crippen molar-refractivity contribution >= 4 is 5.91 Å². The van der Waals surface area contributed by atoms with Gasteiger partial charge in [-0.3, -0.25) is 9.78 Å². The first kappa shape index (κ1) is 20.8. The van der Waals surface area contributed by atoms with Crippen molar-refractivity contribution < 1.29 is 9.21 Å². The van der Waals surface area contributed by atoms with Crippen LogP contribution in [-0.4, -0.2) is 46.4 Å². The first-order valence-corrected chi connectivity index (χ1v) is 10.7. The number of nitriles is 1. The number of nitrogens with zero attached hydrogens (tertiary/aromatic N) is 4. The smallest absolute Gasteiger partial charge is 0.254 e. The van der Waals surface area contributed by atoms with Crippen LogP contribution in [0.5, 0.6) is 0 Å². The SMILES string of the molecule is N#Cc1cccc(C(=O)N(Cc2ccco2)C2CCN(CCc3ccccn3)CC2)c1. The minimum atomic E-state index is -0.0552. The molecule has 6 heteroatoms. The van der Waals surface area contributed by atoms with Crippen molar-refractivity contribution in [1.82, 2.24) is 14.8 Å². The van der Waals surface area contributed by atoms with E-state index in [1.807, 2.05) is 35.4 Å². The Hall–Kier alpha value is -3.43. The van der Waals surface area contributed by atoms with Gasteiger partial charge in [-0.15, -0.1) is 0 Å². The summed E-state index contributed by atoms with van der Waals surface area (Å²) in [6.45, 7) is 3.29. The third kappa shape index (κ3) is 5.39. The Balaban J connectivity index is 1.42. The summed E-state index contributed by atoms with van der Waals surface area (Å²) in [6.07, 6.45) is 6.22. The second-order valence-electron chi connectivity index (χ2n) is 7.85. The van der Waals surface area contributed by atoms with E-state index in [1.165, 1.54) is 0 Å². The van der Waals surface area contributed by atoms with Crippen molar-refractivity contribution in [2.24, 2.45) is 0 Å². The Morgan fingerprint density at radius 2 is 2.03 bits per heavy atom. The van der Waals surface area contributed by atoms with Crippen LogP contribution >= 0.6 is 0 Å². The molecule has 3 aromatic rings. The van der Waals surface area contributed by atoms with E-state index in [4.69, 9.17) is 4.42 Å². The zero-order valence-electron chi connectivity index (χ0n) is 17.5. The first-order chi connectivity index (χ1) is 15.2. The molecular formula is C25H26N4O2. The van der Waals surface area contributed by atoms with Crippen LogP contribution in [0.15, 0.2) is 71.5 Å². The molecule has 158 valence electrons. The van der Waals surface area contributed by atoms with Crippen LogP contribution in [0.3, 0.4) is 0 Å². The number of benzene rings is 1. The van der Waals surface area contributed by atoms with Crippen molar-refractivity contribution in [3.63, 3.8) is 0 Å². The minimum absolute atomic E-state index is 0.0552. The molecule has 1 saturated heterocycles. The molecule has 6 nitrogen and oxygen atoms in total. The van der Waals surface area contributed by atoms with Crippen molar-refractivity contribution in [2.45, 2.75) is 31.8 Å². The molecule has 1 aliphatic rings. The number of amides is 1. The van der Waals surface area contributed by atoms with Gasteiger partial charge >= 0.3 is 0 Å². The lowest BCUT2D eigenvalue weighted by atomic mass is 10.0. The van der Waals surface area contributed by atoms with E-state index in [-0.39, 0.29) is 11.9 Å². The molecule has 0 saturated carbocycles. The highest BCUT2D eigenvalue weighted by molar-refractivity contribution is 5.94. The van der Waals surface area contributed by atoms with E-state index in [9.17, 15) is 10.1 Å². The number of hydrogen-bond acceptors (Lipinski definition) is 5. The Morgan fingerprint density at radius 3 is 2.74 bits per heavy atom. The Morgan fingerprint density at radius 1 is 1.16 bits per heavy atom. The van der Waals surface area contributed by atoms with Gasteiger partial charge in [-0.1, -0.05) is 12.1 Å². The number of aromatic nitrogens is 1. The molecule has 3 heterocycles. The molecule has 1 aromatic carbocycles. The molecule has 0 aliphatic carbocycles. The van der Waals surface area contributed by atoms with Gasteiger partial charge < -0.3 is 14.2 Å². The van der Waals surface area contributed by atoms with Crippen LogP contribution in [0.25, 0.3) is 0 Å². The zero-order chi connectivity index (χ0) is 21.5. The largest absolute Gasteiger partial charge is 0.467 e. The fourth-order valence-electron chi connectivity index (χ4n) is 4.10. The lowest BCUT2D eigenvalue weighted by Gasteiger charge is -2.38. The second-order valence-corrected chi connectivity index (χ2v) is 7.85. The van der Waals surface area contributed by atoms with E-state index >= 15 is 0 Å². The number of furan rings is 1. The lowest BCUT2D eigenvalue weighted by Crippen LogP contribution is -2.47. The monoisotopic (exact) mass is 414 g/mol. The minimum Gasteiger partial charge on any atom is -0.467 e. The molecule has 0 radical (unpaired) electrons. The molecule has 1 fully saturated rings. The van der Waals surface area contributed by atoms with Crippen molar-refractivity contribution in [1.29, 1.82) is 5.26 Å². The number of likely N-dealkylation sites (tertiary alicyclic amines) is 1. The summed E-state index contributed by atoms with van der Waals surface area (Å²) < 4.78 is 5.53. The summed E-state index contributed by atoms with van der Waals surface area (Å²) in [5, 5.41) is 9.20. The van der Waals surface area contributed by atoms with Crippen LogP contribution in [0.1, 0.15) is 40.2 Å². The molecule has 1 amide bonds. The Kier molecular flexibility index (Phi) is 6.75. The maximum atomic E-state index is 13.4. The summed E-state index contributed by atoms with van der Waals surface area (Å²) in [5.74, 6) is 0.711. The fraction of sp³-hybridized carbons (Fsp3) is 0.320. The van der Waals surface area contributed by atoms with E-state index < -0.39 is 0 Å². The summed E-state index contributed by atoms with van der Waals surface area (Å²) in [7, 11) is 0. The van der Waals surface area contributed by atoms with Gasteiger partial charge in [-0.25, -0.2) is 0 Å². The standard InChI is InChI=1S/C25H26N4O2/c26-18-20-5-3-6-21(17-20)25(30)29(19-24-8-4-16-31-24)23-10-14-28(15-11-23)13-9-22-7-1-2-12-27-22/h1-8,12,16-17,23H,9-11,13-15,19H2. The number of carbonyl (C=O) groups excluding carboxylic acids is 1. The Bertz CT molecular complexity index is 1020. The molecule has 0 spiro atoms. The van der Waals surface area contributed by atoms with Crippen LogP contribution in [0.2, 0.25) is 0 Å². The molecule has 4 rings (SSSR count). The molecule has 0 N–H and O–H groups in total. The molecule has 0 bridgehead atoms. The van der Waals surface area contributed by atoms with Crippen LogP contribution in [0.4, 0.5) is 0 Å². The highest BCUT2D eigenvalue weighted by atomic mass is 16.3. The molecule has 0 atom stereocenters. The number of rotatable bonds is 7. The Labute approximate surface area is 182 Å². The maximum absolute atomic E-state index is 13.4. The molecule has 2 aromatic heterocycles. The number of carbonyl (C=O) groups is 1. The van der Waals surface area contributed by atoms with Crippen molar-refractivity contribution in [2.75, 3.05) is 19.6 Å². The van der Waals surface area contributed by atoms with Gasteiger partial charge in [0.1, 0.15) is 5.76 Å². The van der Waals surface area contributed by atoms with Crippen molar-refractivity contribution in [3.8, 4) is 6.07 Å². The highest BCUT2D eigenvalue weighted by Gasteiger charge is 2.29. The normalized spacial score (nSPS) is 14.8. The molecule has 31 heavy (non-hydrogen) atoms. The molecule has 0 unspecified atom stereocenters. The van der Waals surface area contributed by atoms with E-state index in [1.54, 1.807) is 30.5 Å². The summed E-state index contributed by atoms with van der Waals surface area (Å²) in [4.78, 5) is 22.1. The van der Waals surface area contributed by atoms with Gasteiger partial charge in [-0.05, 0) is 55.3 Å². The first-order valence-electron chi connectivity index (χ1n) is 10.7. The van der Waals surface area contributed by atoms with Crippen molar-refractivity contribution in [3.05, 3.63) is 89.6 Å². The van der Waals surface area contributed by atoms with Gasteiger partial charge in [0.25, 0.3) is 5.91 Å². The van der Waals surface area contributed by atoms with Crippen LogP contribution in [-0.2, 0) is 13.0 Å². The second kappa shape index (κ2) is 10.1. The number of piperidine rings is 1. The van der Waals surface area contributed by atoms with E-state index in [0.29, 0.717) is 17.7 Å².